The van der Waals surface area contributed by atoms with Crippen LogP contribution in [0.25, 0.3) is 23.0 Å². The molecule has 0 fully saturated rings. The van der Waals surface area contributed by atoms with Crippen molar-refractivity contribution in [2.75, 3.05) is 5.32 Å². The maximum Gasteiger partial charge on any atom is 0.248 e. The minimum atomic E-state index is -0.401. The molecule has 0 aliphatic rings. The van der Waals surface area contributed by atoms with Crippen molar-refractivity contribution < 1.29 is 9.59 Å². The molecule has 4 aromatic rings. The molecule has 3 N–H and O–H groups in total. The van der Waals surface area contributed by atoms with Crippen LogP contribution >= 0.6 is 11.6 Å². The summed E-state index contributed by atoms with van der Waals surface area (Å²) in [5.41, 5.74) is 9.93. The third-order valence-electron chi connectivity index (χ3n) is 4.90. The molecule has 0 spiro atoms. The van der Waals surface area contributed by atoms with Crippen molar-refractivity contribution >= 4 is 35.2 Å². The monoisotopic (exact) mass is 456 g/mol. The lowest BCUT2D eigenvalue weighted by atomic mass is 10.1. The maximum absolute atomic E-state index is 12.5. The van der Waals surface area contributed by atoms with E-state index in [0.29, 0.717) is 10.7 Å². The van der Waals surface area contributed by atoms with Gasteiger partial charge in [0.05, 0.1) is 17.8 Å². The summed E-state index contributed by atoms with van der Waals surface area (Å²) < 4.78 is 1.78. The van der Waals surface area contributed by atoms with Crippen molar-refractivity contribution in [1.29, 1.82) is 0 Å². The Balaban J connectivity index is 1.56. The zero-order valence-electron chi connectivity index (χ0n) is 17.6. The summed E-state index contributed by atoms with van der Waals surface area (Å²) in [4.78, 5) is 23.5. The number of hydrogen-bond acceptors (Lipinski definition) is 3. The normalized spacial score (nSPS) is 10.9. The molecule has 33 heavy (non-hydrogen) atoms. The Morgan fingerprint density at radius 3 is 2.33 bits per heavy atom. The lowest BCUT2D eigenvalue weighted by molar-refractivity contribution is -0.117. The molecule has 0 unspecified atom stereocenters. The van der Waals surface area contributed by atoms with Gasteiger partial charge in [-0.25, -0.2) is 4.68 Å². The molecule has 0 aliphatic heterocycles. The van der Waals surface area contributed by atoms with Gasteiger partial charge in [0.15, 0.2) is 0 Å². The summed E-state index contributed by atoms with van der Waals surface area (Å²) in [7, 11) is 0. The Morgan fingerprint density at radius 1 is 0.970 bits per heavy atom. The fourth-order valence-electron chi connectivity index (χ4n) is 3.31. The van der Waals surface area contributed by atoms with E-state index in [9.17, 15) is 9.59 Å². The second-order valence-corrected chi connectivity index (χ2v) is 7.82. The first-order chi connectivity index (χ1) is 16.0. The van der Waals surface area contributed by atoms with E-state index >= 15 is 0 Å². The largest absolute Gasteiger partial charge is 0.369 e. The summed E-state index contributed by atoms with van der Waals surface area (Å²) in [6.45, 7) is 0. The summed E-state index contributed by atoms with van der Waals surface area (Å²) in [6, 6.07) is 24.1. The highest BCUT2D eigenvalue weighted by molar-refractivity contribution is 6.30. The number of aromatic nitrogens is 2. The van der Waals surface area contributed by atoms with Crippen molar-refractivity contribution in [3.05, 3.63) is 107 Å². The van der Waals surface area contributed by atoms with Crippen LogP contribution in [-0.4, -0.2) is 21.6 Å². The van der Waals surface area contributed by atoms with Gasteiger partial charge in [0.1, 0.15) is 0 Å². The van der Waals surface area contributed by atoms with Crippen molar-refractivity contribution in [2.45, 2.75) is 6.42 Å². The van der Waals surface area contributed by atoms with Crippen LogP contribution in [0.4, 0.5) is 5.69 Å². The van der Waals surface area contributed by atoms with E-state index in [1.54, 1.807) is 47.2 Å². The van der Waals surface area contributed by atoms with Crippen LogP contribution in [0.2, 0.25) is 5.02 Å². The SMILES string of the molecule is NC(=O)Cc1ccc(NC(=O)/C=C/c2cn(-c3ccccc3)nc2-c2ccc(Cl)cc2)cc1. The van der Waals surface area contributed by atoms with E-state index < -0.39 is 5.91 Å². The molecule has 0 aliphatic carbocycles. The summed E-state index contributed by atoms with van der Waals surface area (Å²) in [5.74, 6) is -0.686. The fraction of sp³-hybridized carbons (Fsp3) is 0.0385. The highest BCUT2D eigenvalue weighted by Crippen LogP contribution is 2.26. The minimum Gasteiger partial charge on any atom is -0.369 e. The van der Waals surface area contributed by atoms with Crippen LogP contribution in [0.15, 0.2) is 91.1 Å². The third kappa shape index (κ3) is 5.75. The molecular formula is C26H21ClN4O2. The van der Waals surface area contributed by atoms with Gasteiger partial charge in [-0.05, 0) is 48.0 Å². The van der Waals surface area contributed by atoms with Gasteiger partial charge in [-0.1, -0.05) is 54.1 Å². The Morgan fingerprint density at radius 2 is 1.67 bits per heavy atom. The number of hydrogen-bond donors (Lipinski definition) is 2. The summed E-state index contributed by atoms with van der Waals surface area (Å²) >= 11 is 6.04. The molecule has 0 radical (unpaired) electrons. The number of nitrogens with one attached hydrogen (secondary N) is 1. The van der Waals surface area contributed by atoms with Crippen molar-refractivity contribution in [1.82, 2.24) is 9.78 Å². The topological polar surface area (TPSA) is 90.0 Å². The van der Waals surface area contributed by atoms with Crippen LogP contribution in [0.5, 0.6) is 0 Å². The molecule has 3 aromatic carbocycles. The van der Waals surface area contributed by atoms with Gasteiger partial charge in [-0.2, -0.15) is 5.10 Å². The maximum atomic E-state index is 12.5. The fourth-order valence-corrected chi connectivity index (χ4v) is 3.44. The molecule has 0 saturated carbocycles. The second-order valence-electron chi connectivity index (χ2n) is 7.38. The molecule has 1 aromatic heterocycles. The van der Waals surface area contributed by atoms with Gasteiger partial charge in [0.25, 0.3) is 0 Å². The highest BCUT2D eigenvalue weighted by atomic mass is 35.5. The first kappa shape index (κ1) is 22.0. The van der Waals surface area contributed by atoms with E-state index in [-0.39, 0.29) is 12.3 Å². The highest BCUT2D eigenvalue weighted by Gasteiger charge is 2.11. The lowest BCUT2D eigenvalue weighted by Crippen LogP contribution is -2.13. The number of nitrogens with zero attached hydrogens (tertiary/aromatic N) is 2. The van der Waals surface area contributed by atoms with Gasteiger partial charge in [0.2, 0.25) is 11.8 Å². The number of benzene rings is 3. The first-order valence-corrected chi connectivity index (χ1v) is 10.6. The van der Waals surface area contributed by atoms with Gasteiger partial charge in [-0.15, -0.1) is 0 Å². The van der Waals surface area contributed by atoms with Gasteiger partial charge >= 0.3 is 0 Å². The average Bonchev–Trinajstić information content (AvgIpc) is 3.24. The predicted octanol–water partition coefficient (Wildman–Crippen LogP) is 4.87. The molecular weight excluding hydrogens is 436 g/mol. The van der Waals surface area contributed by atoms with E-state index in [2.05, 4.69) is 5.32 Å². The second kappa shape index (κ2) is 9.97. The standard InChI is InChI=1S/C26H21ClN4O2/c27-21-11-8-19(9-12-21)26-20(17-31(30-26)23-4-2-1-3-5-23)10-15-25(33)29-22-13-6-18(7-14-22)16-24(28)32/h1-15,17H,16H2,(H2,28,32)(H,29,33)/b15-10+. The zero-order chi connectivity index (χ0) is 23.2. The number of rotatable bonds is 7. The molecule has 6 nitrogen and oxygen atoms in total. The summed E-state index contributed by atoms with van der Waals surface area (Å²) in [5, 5.41) is 8.18. The molecule has 0 bridgehead atoms. The van der Waals surface area contributed by atoms with Crippen molar-refractivity contribution in [3.8, 4) is 16.9 Å². The number of anilines is 1. The summed E-state index contributed by atoms with van der Waals surface area (Å²) in [6.07, 6.45) is 5.23. The van der Waals surface area contributed by atoms with Gasteiger partial charge in [0, 0.05) is 34.1 Å². The van der Waals surface area contributed by atoms with Gasteiger partial charge in [-0.3, -0.25) is 9.59 Å². The molecule has 164 valence electrons. The van der Waals surface area contributed by atoms with Crippen LogP contribution < -0.4 is 11.1 Å². The molecule has 4 rings (SSSR count). The first-order valence-electron chi connectivity index (χ1n) is 10.3. The van der Waals surface area contributed by atoms with E-state index in [0.717, 1.165) is 28.1 Å². The lowest BCUT2D eigenvalue weighted by Gasteiger charge is -2.04. The Bertz CT molecular complexity index is 1290. The number of carbonyl (C=O) groups is 2. The van der Waals surface area contributed by atoms with Crippen molar-refractivity contribution in [3.63, 3.8) is 0 Å². The van der Waals surface area contributed by atoms with E-state index in [4.69, 9.17) is 22.4 Å². The zero-order valence-corrected chi connectivity index (χ0v) is 18.4. The number of amides is 2. The Kier molecular flexibility index (Phi) is 6.66. The molecule has 1 heterocycles. The quantitative estimate of drug-likeness (QED) is 0.388. The number of primary amides is 1. The number of carbonyl (C=O) groups excluding carboxylic acids is 2. The van der Waals surface area contributed by atoms with Crippen molar-refractivity contribution in [2.24, 2.45) is 5.73 Å². The molecule has 7 heteroatoms. The Hall–Kier alpha value is -4.16. The number of para-hydroxylation sites is 1. The average molecular weight is 457 g/mol. The van der Waals surface area contributed by atoms with Crippen LogP contribution in [0, 0.1) is 0 Å². The molecule has 0 atom stereocenters. The van der Waals surface area contributed by atoms with Crippen LogP contribution in [0.1, 0.15) is 11.1 Å². The van der Waals surface area contributed by atoms with Crippen LogP contribution in [0.3, 0.4) is 0 Å². The van der Waals surface area contributed by atoms with Gasteiger partial charge < -0.3 is 11.1 Å². The molecule has 0 saturated heterocycles. The molecule has 2 amide bonds. The van der Waals surface area contributed by atoms with Crippen LogP contribution in [-0.2, 0) is 16.0 Å². The Labute approximate surface area is 196 Å². The third-order valence-corrected chi connectivity index (χ3v) is 5.15. The predicted molar refractivity (Wildman–Crippen MR) is 131 cm³/mol. The van der Waals surface area contributed by atoms with E-state index in [1.807, 2.05) is 48.7 Å². The number of nitrogens with two attached hydrogens (primary N) is 1. The van der Waals surface area contributed by atoms with E-state index in [1.165, 1.54) is 6.08 Å². The number of halogens is 1. The minimum absolute atomic E-state index is 0.160. The smallest absolute Gasteiger partial charge is 0.248 e.